The molecule has 0 saturated carbocycles. The smallest absolute Gasteiger partial charge is 0.146 e. The number of Topliss-reactive ketones (excluding diaryl/α,β-unsaturated/α-hetero) is 1. The topological polar surface area (TPSA) is 20.3 Å². The summed E-state index contributed by atoms with van der Waals surface area (Å²) in [7, 11) is 1.93. The third kappa shape index (κ3) is 3.33. The molecule has 82 valence electrons. The maximum atomic E-state index is 11.2. The number of nitrogens with zero attached hydrogens (tertiary/aromatic N) is 1. The Morgan fingerprint density at radius 1 is 1.47 bits per heavy atom. The molecule has 0 amide bonds. The fraction of sp³-hybridized carbons (Fsp3) is 0.417. The van der Waals surface area contributed by atoms with Crippen LogP contribution in [0.3, 0.4) is 0 Å². The van der Waals surface area contributed by atoms with E-state index in [-0.39, 0.29) is 11.8 Å². The molecule has 0 bridgehead atoms. The maximum absolute atomic E-state index is 11.2. The summed E-state index contributed by atoms with van der Waals surface area (Å²) < 4.78 is 0. The van der Waals surface area contributed by atoms with Crippen molar-refractivity contribution in [1.82, 2.24) is 4.90 Å². The minimum absolute atomic E-state index is 0.0683. The highest BCUT2D eigenvalue weighted by molar-refractivity contribution is 6.31. The van der Waals surface area contributed by atoms with Gasteiger partial charge in [-0.3, -0.25) is 9.69 Å². The fourth-order valence-electron chi connectivity index (χ4n) is 1.34. The van der Waals surface area contributed by atoms with Crippen LogP contribution in [0.2, 0.25) is 5.02 Å². The number of carbonyl (C=O) groups is 1. The Kier molecular flexibility index (Phi) is 4.30. The fourth-order valence-corrected chi connectivity index (χ4v) is 1.54. The van der Waals surface area contributed by atoms with Gasteiger partial charge in [-0.2, -0.15) is 0 Å². The molecule has 0 saturated heterocycles. The Balaban J connectivity index is 2.70. The largest absolute Gasteiger partial charge is 0.298 e. The Bertz CT molecular complexity index is 351. The van der Waals surface area contributed by atoms with Crippen LogP contribution in [-0.2, 0) is 11.3 Å². The Morgan fingerprint density at radius 3 is 2.60 bits per heavy atom. The van der Waals surface area contributed by atoms with Crippen molar-refractivity contribution in [3.63, 3.8) is 0 Å². The van der Waals surface area contributed by atoms with Crippen molar-refractivity contribution in [1.29, 1.82) is 0 Å². The summed E-state index contributed by atoms with van der Waals surface area (Å²) in [5.74, 6) is 0.171. The predicted molar refractivity (Wildman–Crippen MR) is 63.1 cm³/mol. The van der Waals surface area contributed by atoms with Crippen LogP contribution in [0.15, 0.2) is 24.3 Å². The lowest BCUT2D eigenvalue weighted by Crippen LogP contribution is -2.34. The number of ketones is 1. The maximum Gasteiger partial charge on any atom is 0.146 e. The van der Waals surface area contributed by atoms with E-state index in [0.717, 1.165) is 10.6 Å². The number of halogens is 1. The highest BCUT2D eigenvalue weighted by Gasteiger charge is 2.14. The third-order valence-electron chi connectivity index (χ3n) is 2.63. The van der Waals surface area contributed by atoms with Crippen LogP contribution in [0.25, 0.3) is 0 Å². The van der Waals surface area contributed by atoms with Crippen LogP contribution in [0.1, 0.15) is 19.4 Å². The zero-order chi connectivity index (χ0) is 11.4. The number of carbonyl (C=O) groups excluding carboxylic acids is 1. The summed E-state index contributed by atoms with van der Waals surface area (Å²) in [6.45, 7) is 4.20. The van der Waals surface area contributed by atoms with Gasteiger partial charge in [0.25, 0.3) is 0 Å². The SMILES string of the molecule is CC(=O)C(C)N(C)Cc1ccccc1Cl. The molecule has 3 heteroatoms. The molecule has 0 aliphatic carbocycles. The number of hydrogen-bond acceptors (Lipinski definition) is 2. The second-order valence-corrected chi connectivity index (χ2v) is 4.20. The van der Waals surface area contributed by atoms with E-state index in [1.807, 2.05) is 43.1 Å². The average molecular weight is 226 g/mol. The van der Waals surface area contributed by atoms with Gasteiger partial charge in [-0.05, 0) is 32.5 Å². The molecule has 1 aromatic carbocycles. The van der Waals surface area contributed by atoms with Gasteiger partial charge in [-0.1, -0.05) is 29.8 Å². The Morgan fingerprint density at radius 2 is 2.07 bits per heavy atom. The van der Waals surface area contributed by atoms with Crippen LogP contribution in [0.4, 0.5) is 0 Å². The molecule has 2 nitrogen and oxygen atoms in total. The molecule has 0 fully saturated rings. The zero-order valence-corrected chi connectivity index (χ0v) is 10.1. The Hall–Kier alpha value is -0.860. The monoisotopic (exact) mass is 225 g/mol. The van der Waals surface area contributed by atoms with Crippen LogP contribution in [-0.4, -0.2) is 23.8 Å². The van der Waals surface area contributed by atoms with Gasteiger partial charge in [-0.25, -0.2) is 0 Å². The van der Waals surface area contributed by atoms with E-state index >= 15 is 0 Å². The van der Waals surface area contributed by atoms with Crippen molar-refractivity contribution in [3.8, 4) is 0 Å². The van der Waals surface area contributed by atoms with Crippen molar-refractivity contribution in [3.05, 3.63) is 34.9 Å². The summed E-state index contributed by atoms with van der Waals surface area (Å²) in [5, 5.41) is 0.750. The van der Waals surface area contributed by atoms with E-state index in [9.17, 15) is 4.79 Å². The Labute approximate surface area is 95.8 Å². The summed E-state index contributed by atoms with van der Waals surface area (Å²) in [4.78, 5) is 13.2. The van der Waals surface area contributed by atoms with Gasteiger partial charge in [0.05, 0.1) is 6.04 Å². The van der Waals surface area contributed by atoms with E-state index in [4.69, 9.17) is 11.6 Å². The second kappa shape index (κ2) is 5.29. The summed E-state index contributed by atoms with van der Waals surface area (Å²) in [6, 6.07) is 7.63. The van der Waals surface area contributed by atoms with Gasteiger partial charge in [-0.15, -0.1) is 0 Å². The van der Waals surface area contributed by atoms with Gasteiger partial charge in [0, 0.05) is 11.6 Å². The average Bonchev–Trinajstić information content (AvgIpc) is 2.20. The van der Waals surface area contributed by atoms with E-state index in [0.29, 0.717) is 6.54 Å². The number of hydrogen-bond donors (Lipinski definition) is 0. The first-order valence-corrected chi connectivity index (χ1v) is 5.34. The van der Waals surface area contributed by atoms with Gasteiger partial charge in [0.15, 0.2) is 0 Å². The summed E-state index contributed by atoms with van der Waals surface area (Å²) in [5.41, 5.74) is 1.05. The van der Waals surface area contributed by atoms with Gasteiger partial charge in [0.1, 0.15) is 5.78 Å². The lowest BCUT2D eigenvalue weighted by atomic mass is 10.1. The first-order valence-electron chi connectivity index (χ1n) is 4.96. The number of rotatable bonds is 4. The molecular weight excluding hydrogens is 210 g/mol. The summed E-state index contributed by atoms with van der Waals surface area (Å²) in [6.07, 6.45) is 0. The molecule has 15 heavy (non-hydrogen) atoms. The van der Waals surface area contributed by atoms with E-state index in [1.54, 1.807) is 6.92 Å². The van der Waals surface area contributed by atoms with E-state index in [2.05, 4.69) is 0 Å². The predicted octanol–water partition coefficient (Wildman–Crippen LogP) is 2.75. The number of likely N-dealkylation sites (N-methyl/N-ethyl adjacent to an activating group) is 1. The molecule has 0 aromatic heterocycles. The van der Waals surface area contributed by atoms with Crippen LogP contribution in [0.5, 0.6) is 0 Å². The minimum Gasteiger partial charge on any atom is -0.298 e. The normalized spacial score (nSPS) is 12.9. The van der Waals surface area contributed by atoms with Crippen LogP contribution < -0.4 is 0 Å². The highest BCUT2D eigenvalue weighted by Crippen LogP contribution is 2.17. The highest BCUT2D eigenvalue weighted by atomic mass is 35.5. The lowest BCUT2D eigenvalue weighted by Gasteiger charge is -2.22. The van der Waals surface area contributed by atoms with Crippen molar-refractivity contribution < 1.29 is 4.79 Å². The van der Waals surface area contributed by atoms with Gasteiger partial charge < -0.3 is 0 Å². The third-order valence-corrected chi connectivity index (χ3v) is 3.00. The van der Waals surface area contributed by atoms with Crippen molar-refractivity contribution in [2.75, 3.05) is 7.05 Å². The van der Waals surface area contributed by atoms with Crippen molar-refractivity contribution >= 4 is 17.4 Å². The van der Waals surface area contributed by atoms with Crippen molar-refractivity contribution in [2.24, 2.45) is 0 Å². The van der Waals surface area contributed by atoms with E-state index in [1.165, 1.54) is 0 Å². The van der Waals surface area contributed by atoms with Crippen LogP contribution in [0, 0.1) is 0 Å². The van der Waals surface area contributed by atoms with Crippen LogP contribution >= 0.6 is 11.6 Å². The molecule has 0 aliphatic rings. The van der Waals surface area contributed by atoms with E-state index < -0.39 is 0 Å². The molecule has 0 heterocycles. The lowest BCUT2D eigenvalue weighted by molar-refractivity contribution is -0.121. The van der Waals surface area contributed by atoms with Crippen molar-refractivity contribution in [2.45, 2.75) is 26.4 Å². The molecular formula is C12H16ClNO. The molecule has 0 radical (unpaired) electrons. The molecule has 0 spiro atoms. The molecule has 1 unspecified atom stereocenters. The molecule has 1 atom stereocenters. The standard InChI is InChI=1S/C12H16ClNO/c1-9(10(2)15)14(3)8-11-6-4-5-7-12(11)13/h4-7,9H,8H2,1-3H3. The molecule has 0 N–H and O–H groups in total. The van der Waals surface area contributed by atoms with Gasteiger partial charge in [0.2, 0.25) is 0 Å². The first kappa shape index (κ1) is 12.2. The molecule has 1 rings (SSSR count). The first-order chi connectivity index (χ1) is 7.02. The quantitative estimate of drug-likeness (QED) is 0.786. The number of benzene rings is 1. The van der Waals surface area contributed by atoms with Gasteiger partial charge >= 0.3 is 0 Å². The minimum atomic E-state index is -0.0683. The molecule has 1 aromatic rings. The second-order valence-electron chi connectivity index (χ2n) is 3.79. The molecule has 0 aliphatic heterocycles. The zero-order valence-electron chi connectivity index (χ0n) is 9.33. The summed E-state index contributed by atoms with van der Waals surface area (Å²) >= 11 is 6.04.